The lowest BCUT2D eigenvalue weighted by Gasteiger charge is -2.04. The van der Waals surface area contributed by atoms with Gasteiger partial charge in [-0.05, 0) is 24.3 Å². The second-order valence-corrected chi connectivity index (χ2v) is 3.81. The molecule has 0 aromatic heterocycles. The van der Waals surface area contributed by atoms with Crippen LogP contribution in [0.25, 0.3) is 0 Å². The summed E-state index contributed by atoms with van der Waals surface area (Å²) >= 11 is 1.70. The van der Waals surface area contributed by atoms with E-state index in [9.17, 15) is 0 Å². The fourth-order valence-electron chi connectivity index (χ4n) is 0.979. The van der Waals surface area contributed by atoms with Crippen molar-refractivity contribution in [3.05, 3.63) is 23.8 Å². The van der Waals surface area contributed by atoms with E-state index in [4.69, 9.17) is 11.0 Å². The molecule has 0 aliphatic carbocycles. The van der Waals surface area contributed by atoms with Crippen molar-refractivity contribution < 1.29 is 0 Å². The molecule has 0 radical (unpaired) electrons. The van der Waals surface area contributed by atoms with Crippen LogP contribution in [0.1, 0.15) is 18.9 Å². The van der Waals surface area contributed by atoms with Gasteiger partial charge in [-0.25, -0.2) is 0 Å². The molecule has 13 heavy (non-hydrogen) atoms. The largest absolute Gasteiger partial charge is 0.397 e. The highest BCUT2D eigenvalue weighted by Gasteiger charge is 2.03. The maximum absolute atomic E-state index is 8.73. The summed E-state index contributed by atoms with van der Waals surface area (Å²) in [6.45, 7) is 2.12. The molecule has 0 fully saturated rings. The van der Waals surface area contributed by atoms with Gasteiger partial charge in [0, 0.05) is 4.90 Å². The van der Waals surface area contributed by atoms with Crippen molar-refractivity contribution >= 4 is 17.4 Å². The molecule has 0 amide bonds. The van der Waals surface area contributed by atoms with Crippen LogP contribution in [0.2, 0.25) is 0 Å². The average molecular weight is 192 g/mol. The predicted octanol–water partition coefficient (Wildman–Crippen LogP) is 2.64. The maximum atomic E-state index is 8.73. The van der Waals surface area contributed by atoms with Gasteiger partial charge in [0.1, 0.15) is 6.07 Å². The molecule has 2 N–H and O–H groups in total. The van der Waals surface area contributed by atoms with Crippen molar-refractivity contribution in [3.8, 4) is 6.07 Å². The summed E-state index contributed by atoms with van der Waals surface area (Å²) in [7, 11) is 0. The van der Waals surface area contributed by atoms with Gasteiger partial charge in [-0.1, -0.05) is 13.0 Å². The van der Waals surface area contributed by atoms with E-state index in [-0.39, 0.29) is 0 Å². The number of anilines is 1. The fraction of sp³-hybridized carbons (Fsp3) is 0.300. The summed E-state index contributed by atoms with van der Waals surface area (Å²) in [5.74, 6) is 1.04. The Bertz CT molecular complexity index is 328. The van der Waals surface area contributed by atoms with E-state index in [0.717, 1.165) is 17.1 Å². The predicted molar refractivity (Wildman–Crippen MR) is 56.6 cm³/mol. The first-order valence-electron chi connectivity index (χ1n) is 4.21. The van der Waals surface area contributed by atoms with Crippen molar-refractivity contribution in [1.29, 1.82) is 5.26 Å². The maximum Gasteiger partial charge on any atom is 0.101 e. The smallest absolute Gasteiger partial charge is 0.101 e. The summed E-state index contributed by atoms with van der Waals surface area (Å²) < 4.78 is 0. The lowest BCUT2D eigenvalue weighted by Crippen LogP contribution is -1.93. The van der Waals surface area contributed by atoms with E-state index in [1.165, 1.54) is 0 Å². The molecule has 0 atom stereocenters. The number of nitrogens with two attached hydrogens (primary N) is 1. The summed E-state index contributed by atoms with van der Waals surface area (Å²) in [4.78, 5) is 1.01. The Morgan fingerprint density at radius 1 is 1.54 bits per heavy atom. The summed E-state index contributed by atoms with van der Waals surface area (Å²) in [6, 6.07) is 7.64. The van der Waals surface area contributed by atoms with Crippen LogP contribution in [0.15, 0.2) is 23.1 Å². The monoisotopic (exact) mass is 192 g/mol. The van der Waals surface area contributed by atoms with Gasteiger partial charge >= 0.3 is 0 Å². The number of nitrogen functional groups attached to an aromatic ring is 1. The zero-order chi connectivity index (χ0) is 9.68. The third-order valence-electron chi connectivity index (χ3n) is 1.65. The van der Waals surface area contributed by atoms with E-state index < -0.39 is 0 Å². The summed E-state index contributed by atoms with van der Waals surface area (Å²) in [5.41, 5.74) is 6.98. The average Bonchev–Trinajstić information content (AvgIpc) is 2.16. The number of hydrogen-bond acceptors (Lipinski definition) is 3. The van der Waals surface area contributed by atoms with Crippen LogP contribution in [-0.4, -0.2) is 5.75 Å². The SMILES string of the molecule is CCCSc1cccc(C#N)c1N. The molecule has 1 aromatic carbocycles. The van der Waals surface area contributed by atoms with Crippen molar-refractivity contribution in [1.82, 2.24) is 0 Å². The van der Waals surface area contributed by atoms with Crippen LogP contribution in [0, 0.1) is 11.3 Å². The summed E-state index contributed by atoms with van der Waals surface area (Å²) in [6.07, 6.45) is 1.11. The Labute approximate surface area is 82.7 Å². The van der Waals surface area contributed by atoms with E-state index in [0.29, 0.717) is 11.3 Å². The molecule has 0 aliphatic rings. The molecule has 0 heterocycles. The van der Waals surface area contributed by atoms with Crippen LogP contribution in [0.5, 0.6) is 0 Å². The second kappa shape index (κ2) is 4.78. The van der Waals surface area contributed by atoms with Crippen molar-refractivity contribution in [2.45, 2.75) is 18.2 Å². The number of nitrogens with zero attached hydrogens (tertiary/aromatic N) is 1. The van der Waals surface area contributed by atoms with Gasteiger partial charge in [0.05, 0.1) is 11.3 Å². The third-order valence-corrected chi connectivity index (χ3v) is 2.93. The highest BCUT2D eigenvalue weighted by Crippen LogP contribution is 2.27. The zero-order valence-corrected chi connectivity index (χ0v) is 8.40. The quantitative estimate of drug-likeness (QED) is 0.591. The fourth-order valence-corrected chi connectivity index (χ4v) is 1.84. The van der Waals surface area contributed by atoms with Gasteiger partial charge in [-0.2, -0.15) is 5.26 Å². The lowest BCUT2D eigenvalue weighted by atomic mass is 10.2. The third kappa shape index (κ3) is 2.40. The minimum Gasteiger partial charge on any atom is -0.397 e. The van der Waals surface area contributed by atoms with Gasteiger partial charge < -0.3 is 5.73 Å². The first kappa shape index (κ1) is 9.94. The van der Waals surface area contributed by atoms with Crippen LogP contribution in [0.4, 0.5) is 5.69 Å². The van der Waals surface area contributed by atoms with E-state index in [1.54, 1.807) is 17.8 Å². The van der Waals surface area contributed by atoms with Gasteiger partial charge in [-0.15, -0.1) is 11.8 Å². The number of para-hydroxylation sites is 1. The van der Waals surface area contributed by atoms with Gasteiger partial charge in [-0.3, -0.25) is 0 Å². The minimum absolute atomic E-state index is 0.570. The molecular weight excluding hydrogens is 180 g/mol. The van der Waals surface area contributed by atoms with E-state index >= 15 is 0 Å². The Hall–Kier alpha value is -1.14. The Morgan fingerprint density at radius 2 is 2.31 bits per heavy atom. The minimum atomic E-state index is 0.570. The molecule has 2 nitrogen and oxygen atoms in total. The molecular formula is C10H12N2S. The zero-order valence-electron chi connectivity index (χ0n) is 7.58. The van der Waals surface area contributed by atoms with Crippen LogP contribution in [0.3, 0.4) is 0 Å². The summed E-state index contributed by atoms with van der Waals surface area (Å²) in [5, 5.41) is 8.73. The number of thioether (sulfide) groups is 1. The topological polar surface area (TPSA) is 49.8 Å². The van der Waals surface area contributed by atoms with Crippen LogP contribution in [-0.2, 0) is 0 Å². The Kier molecular flexibility index (Phi) is 3.66. The molecule has 0 spiro atoms. The normalized spacial score (nSPS) is 9.54. The molecule has 0 saturated heterocycles. The standard InChI is InChI=1S/C10H12N2S/c1-2-6-13-9-5-3-4-8(7-11)10(9)12/h3-5H,2,6,12H2,1H3. The molecule has 0 bridgehead atoms. The Morgan fingerprint density at radius 3 is 2.92 bits per heavy atom. The lowest BCUT2D eigenvalue weighted by molar-refractivity contribution is 1.10. The first-order valence-corrected chi connectivity index (χ1v) is 5.19. The number of nitriles is 1. The molecule has 0 saturated carbocycles. The first-order chi connectivity index (χ1) is 6.29. The number of hydrogen-bond donors (Lipinski definition) is 1. The molecule has 0 unspecified atom stereocenters. The van der Waals surface area contributed by atoms with E-state index in [1.807, 2.05) is 12.1 Å². The number of benzene rings is 1. The molecule has 1 rings (SSSR count). The van der Waals surface area contributed by atoms with Crippen molar-refractivity contribution in [2.24, 2.45) is 0 Å². The molecule has 1 aromatic rings. The van der Waals surface area contributed by atoms with Gasteiger partial charge in [0.25, 0.3) is 0 Å². The van der Waals surface area contributed by atoms with E-state index in [2.05, 4.69) is 13.0 Å². The van der Waals surface area contributed by atoms with Crippen LogP contribution >= 0.6 is 11.8 Å². The van der Waals surface area contributed by atoms with Gasteiger partial charge in [0.15, 0.2) is 0 Å². The van der Waals surface area contributed by atoms with Crippen LogP contribution < -0.4 is 5.73 Å². The Balaban J connectivity index is 2.90. The van der Waals surface area contributed by atoms with Crippen molar-refractivity contribution in [2.75, 3.05) is 11.5 Å². The molecule has 0 aliphatic heterocycles. The highest BCUT2D eigenvalue weighted by atomic mass is 32.2. The number of rotatable bonds is 3. The molecule has 3 heteroatoms. The second-order valence-electron chi connectivity index (χ2n) is 2.68. The molecule has 68 valence electrons. The van der Waals surface area contributed by atoms with Gasteiger partial charge in [0.2, 0.25) is 0 Å². The highest BCUT2D eigenvalue weighted by molar-refractivity contribution is 7.99. The van der Waals surface area contributed by atoms with Crippen molar-refractivity contribution in [3.63, 3.8) is 0 Å².